The topological polar surface area (TPSA) is 70.2 Å². The maximum atomic E-state index is 11.3. The van der Waals surface area contributed by atoms with E-state index in [-0.39, 0.29) is 11.8 Å². The van der Waals surface area contributed by atoms with E-state index in [4.69, 9.17) is 0 Å². The van der Waals surface area contributed by atoms with E-state index in [1.807, 2.05) is 13.8 Å². The molecule has 0 spiro atoms. The van der Waals surface area contributed by atoms with E-state index in [0.717, 1.165) is 0 Å². The molecule has 0 heterocycles. The zero-order valence-corrected chi connectivity index (χ0v) is 10.7. The second-order valence-corrected chi connectivity index (χ2v) is 4.95. The monoisotopic (exact) mass is 241 g/mol. The highest BCUT2D eigenvalue weighted by atomic mass is 16.2. The highest BCUT2D eigenvalue weighted by Crippen LogP contribution is 2.17. The second-order valence-electron chi connectivity index (χ2n) is 4.95. The van der Waals surface area contributed by atoms with E-state index in [1.54, 1.807) is 0 Å². The summed E-state index contributed by atoms with van der Waals surface area (Å²) in [6.07, 6.45) is 2.69. The first kappa shape index (κ1) is 14.0. The van der Waals surface area contributed by atoms with Gasteiger partial charge in [-0.05, 0) is 18.8 Å². The van der Waals surface area contributed by atoms with Gasteiger partial charge < -0.3 is 16.0 Å². The molecule has 98 valence electrons. The maximum Gasteiger partial charge on any atom is 0.233 e. The van der Waals surface area contributed by atoms with Crippen LogP contribution in [0, 0.1) is 5.92 Å². The number of hydrogen-bond acceptors (Lipinski definition) is 3. The van der Waals surface area contributed by atoms with Crippen molar-refractivity contribution in [1.29, 1.82) is 0 Å². The van der Waals surface area contributed by atoms with Gasteiger partial charge in [-0.3, -0.25) is 9.59 Å². The van der Waals surface area contributed by atoms with Crippen LogP contribution in [0.5, 0.6) is 0 Å². The Morgan fingerprint density at radius 1 is 1.18 bits per heavy atom. The van der Waals surface area contributed by atoms with Gasteiger partial charge in [0.1, 0.15) is 0 Å². The molecule has 0 aromatic heterocycles. The molecule has 2 amide bonds. The van der Waals surface area contributed by atoms with Crippen molar-refractivity contribution in [2.24, 2.45) is 5.92 Å². The minimum absolute atomic E-state index is 0.00541. The van der Waals surface area contributed by atoms with Gasteiger partial charge in [-0.15, -0.1) is 0 Å². The Hall–Kier alpha value is -1.10. The molecule has 0 aromatic carbocycles. The van der Waals surface area contributed by atoms with Crippen LogP contribution < -0.4 is 16.0 Å². The van der Waals surface area contributed by atoms with Crippen LogP contribution in [0.2, 0.25) is 0 Å². The predicted octanol–water partition coefficient (Wildman–Crippen LogP) is 0.0169. The van der Waals surface area contributed by atoms with Gasteiger partial charge in [-0.2, -0.15) is 0 Å². The molecular formula is C12H23N3O2. The molecule has 0 bridgehead atoms. The quantitative estimate of drug-likeness (QED) is 0.561. The Morgan fingerprint density at radius 3 is 2.47 bits per heavy atom. The molecule has 1 rings (SSSR count). The molecular weight excluding hydrogens is 218 g/mol. The van der Waals surface area contributed by atoms with Crippen LogP contribution in [0.25, 0.3) is 0 Å². The smallest absolute Gasteiger partial charge is 0.233 e. The van der Waals surface area contributed by atoms with Crippen molar-refractivity contribution >= 4 is 11.8 Å². The lowest BCUT2D eigenvalue weighted by Crippen LogP contribution is -2.37. The first-order chi connectivity index (χ1) is 8.08. The lowest BCUT2D eigenvalue weighted by Gasteiger charge is -2.08. The van der Waals surface area contributed by atoms with E-state index in [9.17, 15) is 9.59 Å². The molecule has 0 aliphatic heterocycles. The van der Waals surface area contributed by atoms with Crippen molar-refractivity contribution < 1.29 is 9.59 Å². The predicted molar refractivity (Wildman–Crippen MR) is 66.5 cm³/mol. The maximum absolute atomic E-state index is 11.3. The number of carbonyl (C=O) groups is 2. The lowest BCUT2D eigenvalue weighted by molar-refractivity contribution is -0.122. The van der Waals surface area contributed by atoms with Gasteiger partial charge in [0.05, 0.1) is 6.54 Å². The molecule has 3 N–H and O–H groups in total. The number of carbonyl (C=O) groups excluding carboxylic acids is 2. The van der Waals surface area contributed by atoms with E-state index in [0.29, 0.717) is 38.0 Å². The van der Waals surface area contributed by atoms with E-state index >= 15 is 0 Å². The van der Waals surface area contributed by atoms with Gasteiger partial charge in [0.15, 0.2) is 0 Å². The standard InChI is InChI=1S/C12H23N3O2/c1-9(2)7-15-11(16)5-6-13-12(17)8-14-10-3-4-10/h9-10,14H,3-8H2,1-2H3,(H,13,17)(H,15,16). The molecule has 0 radical (unpaired) electrons. The first-order valence-electron chi connectivity index (χ1n) is 6.34. The van der Waals surface area contributed by atoms with Gasteiger partial charge in [-0.25, -0.2) is 0 Å². The van der Waals surface area contributed by atoms with Gasteiger partial charge >= 0.3 is 0 Å². The van der Waals surface area contributed by atoms with Crippen LogP contribution in [0.3, 0.4) is 0 Å². The normalized spacial score (nSPS) is 14.8. The molecule has 17 heavy (non-hydrogen) atoms. The Kier molecular flexibility index (Phi) is 5.97. The summed E-state index contributed by atoms with van der Waals surface area (Å²) in [6, 6.07) is 0.537. The van der Waals surface area contributed by atoms with Crippen molar-refractivity contribution in [3.05, 3.63) is 0 Å². The second kappa shape index (κ2) is 7.27. The highest BCUT2D eigenvalue weighted by Gasteiger charge is 2.20. The fraction of sp³-hybridized carbons (Fsp3) is 0.833. The summed E-state index contributed by atoms with van der Waals surface area (Å²) in [4.78, 5) is 22.6. The summed E-state index contributed by atoms with van der Waals surface area (Å²) in [7, 11) is 0. The molecule has 0 saturated heterocycles. The van der Waals surface area contributed by atoms with Crippen molar-refractivity contribution in [3.63, 3.8) is 0 Å². The van der Waals surface area contributed by atoms with Crippen molar-refractivity contribution in [3.8, 4) is 0 Å². The van der Waals surface area contributed by atoms with Crippen molar-refractivity contribution in [2.45, 2.75) is 39.2 Å². The molecule has 1 aliphatic carbocycles. The third kappa shape index (κ3) is 7.74. The summed E-state index contributed by atoms with van der Waals surface area (Å²) >= 11 is 0. The molecule has 5 nitrogen and oxygen atoms in total. The molecule has 0 unspecified atom stereocenters. The molecule has 1 aliphatic rings. The zero-order chi connectivity index (χ0) is 12.7. The SMILES string of the molecule is CC(C)CNC(=O)CCNC(=O)CNC1CC1. The lowest BCUT2D eigenvalue weighted by atomic mass is 10.2. The Bertz CT molecular complexity index is 244. The van der Waals surface area contributed by atoms with Crippen molar-refractivity contribution in [2.75, 3.05) is 19.6 Å². The number of nitrogens with one attached hydrogen (secondary N) is 3. The Balaban J connectivity index is 1.94. The van der Waals surface area contributed by atoms with Crippen molar-refractivity contribution in [1.82, 2.24) is 16.0 Å². The molecule has 0 atom stereocenters. The summed E-state index contributed by atoms with van der Waals surface area (Å²) in [5, 5.41) is 8.65. The zero-order valence-electron chi connectivity index (χ0n) is 10.7. The fourth-order valence-corrected chi connectivity index (χ4v) is 1.31. The third-order valence-electron chi connectivity index (χ3n) is 2.51. The minimum atomic E-state index is -0.0337. The summed E-state index contributed by atoms with van der Waals surface area (Å²) in [5.74, 6) is 0.416. The fourth-order valence-electron chi connectivity index (χ4n) is 1.31. The average Bonchev–Trinajstić information content (AvgIpc) is 3.07. The van der Waals surface area contributed by atoms with E-state index < -0.39 is 0 Å². The van der Waals surface area contributed by atoms with E-state index in [2.05, 4.69) is 16.0 Å². The summed E-state index contributed by atoms with van der Waals surface area (Å²) in [5.41, 5.74) is 0. The number of hydrogen-bond donors (Lipinski definition) is 3. The molecule has 5 heteroatoms. The van der Waals surface area contributed by atoms with E-state index in [1.165, 1.54) is 12.8 Å². The van der Waals surface area contributed by atoms with Crippen LogP contribution in [-0.2, 0) is 9.59 Å². The Morgan fingerprint density at radius 2 is 1.88 bits per heavy atom. The van der Waals surface area contributed by atoms with Crippen LogP contribution in [-0.4, -0.2) is 37.5 Å². The van der Waals surface area contributed by atoms with Crippen LogP contribution in [0.1, 0.15) is 33.1 Å². The third-order valence-corrected chi connectivity index (χ3v) is 2.51. The number of amides is 2. The van der Waals surface area contributed by atoms with Crippen LogP contribution in [0.15, 0.2) is 0 Å². The highest BCUT2D eigenvalue weighted by molar-refractivity contribution is 5.80. The minimum Gasteiger partial charge on any atom is -0.356 e. The van der Waals surface area contributed by atoms with Crippen LogP contribution >= 0.6 is 0 Å². The Labute approximate surface area is 103 Å². The summed E-state index contributed by atoms with van der Waals surface area (Å²) < 4.78 is 0. The van der Waals surface area contributed by atoms with Gasteiger partial charge in [0.25, 0.3) is 0 Å². The molecule has 1 saturated carbocycles. The average molecular weight is 241 g/mol. The first-order valence-corrected chi connectivity index (χ1v) is 6.34. The van der Waals surface area contributed by atoms with Crippen LogP contribution in [0.4, 0.5) is 0 Å². The number of rotatable bonds is 8. The largest absolute Gasteiger partial charge is 0.356 e. The molecule has 0 aromatic rings. The van der Waals surface area contributed by atoms with Gasteiger partial charge in [0.2, 0.25) is 11.8 Å². The molecule has 1 fully saturated rings. The van der Waals surface area contributed by atoms with Gasteiger partial charge in [0, 0.05) is 25.6 Å². The van der Waals surface area contributed by atoms with Gasteiger partial charge in [-0.1, -0.05) is 13.8 Å². The summed E-state index contributed by atoms with van der Waals surface area (Å²) in [6.45, 7) is 5.56.